The molecule has 4 fully saturated rings. The average Bonchev–Trinajstić information content (AvgIpc) is 3.27. The SMILES string of the molecule is CC1CCC(C2CC3CC(C(C)C(C)C(C)C4CCC(C)CC4)CC3C2)CC1. The maximum absolute atomic E-state index is 2.64. The summed E-state index contributed by atoms with van der Waals surface area (Å²) >= 11 is 0. The fourth-order valence-electron chi connectivity index (χ4n) is 8.43. The van der Waals surface area contributed by atoms with Crippen molar-refractivity contribution in [3.63, 3.8) is 0 Å². The van der Waals surface area contributed by atoms with Crippen LogP contribution in [-0.4, -0.2) is 0 Å². The van der Waals surface area contributed by atoms with Crippen molar-refractivity contribution in [1.29, 1.82) is 0 Å². The first-order valence-electron chi connectivity index (χ1n) is 13.4. The molecule has 4 aliphatic rings. The van der Waals surface area contributed by atoms with Crippen molar-refractivity contribution in [1.82, 2.24) is 0 Å². The first-order chi connectivity index (χ1) is 13.4. The second-order valence-corrected chi connectivity index (χ2v) is 12.6. The van der Waals surface area contributed by atoms with E-state index in [1.165, 1.54) is 38.5 Å². The summed E-state index contributed by atoms with van der Waals surface area (Å²) in [7, 11) is 0. The third-order valence-corrected chi connectivity index (χ3v) is 11.0. The van der Waals surface area contributed by atoms with Gasteiger partial charge in [0, 0.05) is 0 Å². The molecule has 0 heteroatoms. The predicted molar refractivity (Wildman–Crippen MR) is 122 cm³/mol. The molecule has 0 aromatic heterocycles. The third-order valence-electron chi connectivity index (χ3n) is 11.0. The van der Waals surface area contributed by atoms with Crippen molar-refractivity contribution in [3.05, 3.63) is 0 Å². The van der Waals surface area contributed by atoms with Crippen LogP contribution in [0.2, 0.25) is 0 Å². The van der Waals surface area contributed by atoms with Crippen LogP contribution in [0.1, 0.15) is 112 Å². The Kier molecular flexibility index (Phi) is 6.84. The molecule has 0 spiro atoms. The molecule has 0 saturated heterocycles. The summed E-state index contributed by atoms with van der Waals surface area (Å²) in [4.78, 5) is 0. The molecule has 4 saturated carbocycles. The highest BCUT2D eigenvalue weighted by Crippen LogP contribution is 2.56. The minimum absolute atomic E-state index is 0.929. The molecule has 28 heavy (non-hydrogen) atoms. The highest BCUT2D eigenvalue weighted by atomic mass is 14.5. The zero-order valence-electron chi connectivity index (χ0n) is 19.8. The van der Waals surface area contributed by atoms with Gasteiger partial charge in [-0.25, -0.2) is 0 Å². The Labute approximate surface area is 177 Å². The van der Waals surface area contributed by atoms with Gasteiger partial charge in [-0.2, -0.15) is 0 Å². The molecule has 0 heterocycles. The quantitative estimate of drug-likeness (QED) is 0.443. The normalized spacial score (nSPS) is 47.5. The van der Waals surface area contributed by atoms with Crippen LogP contribution < -0.4 is 0 Å². The Bertz CT molecular complexity index is 464. The van der Waals surface area contributed by atoms with Gasteiger partial charge in [-0.15, -0.1) is 0 Å². The maximum Gasteiger partial charge on any atom is -0.0380 e. The molecular formula is C28H50. The minimum atomic E-state index is 0.929. The van der Waals surface area contributed by atoms with Crippen LogP contribution >= 0.6 is 0 Å². The lowest BCUT2D eigenvalue weighted by atomic mass is 9.67. The van der Waals surface area contributed by atoms with Gasteiger partial charge in [-0.1, -0.05) is 60.3 Å². The van der Waals surface area contributed by atoms with Gasteiger partial charge >= 0.3 is 0 Å². The largest absolute Gasteiger partial charge is 0.0625 e. The van der Waals surface area contributed by atoms with Gasteiger partial charge in [0.05, 0.1) is 0 Å². The molecule has 0 N–H and O–H groups in total. The highest BCUT2D eigenvalue weighted by Gasteiger charge is 2.46. The molecule has 5 unspecified atom stereocenters. The highest BCUT2D eigenvalue weighted by molar-refractivity contribution is 4.96. The molecule has 0 amide bonds. The van der Waals surface area contributed by atoms with E-state index < -0.39 is 0 Å². The number of hydrogen-bond acceptors (Lipinski definition) is 0. The van der Waals surface area contributed by atoms with E-state index in [-0.39, 0.29) is 0 Å². The van der Waals surface area contributed by atoms with Gasteiger partial charge in [-0.05, 0) is 116 Å². The van der Waals surface area contributed by atoms with Crippen molar-refractivity contribution in [2.24, 2.45) is 65.1 Å². The standard InChI is InChI=1S/C28H50/c1-18-6-10-23(11-7-18)21(4)20(3)22(5)25-14-27-16-26(17-28(27)15-25)24-12-8-19(2)9-13-24/h18-28H,6-17H2,1-5H3. The van der Waals surface area contributed by atoms with E-state index >= 15 is 0 Å². The smallest absolute Gasteiger partial charge is 0.0380 e. The average molecular weight is 387 g/mol. The lowest BCUT2D eigenvalue weighted by Gasteiger charge is -2.38. The fraction of sp³-hybridized carbons (Fsp3) is 1.00. The van der Waals surface area contributed by atoms with Crippen LogP contribution in [0, 0.1) is 65.1 Å². The summed E-state index contributed by atoms with van der Waals surface area (Å²) in [5.41, 5.74) is 0. The van der Waals surface area contributed by atoms with Gasteiger partial charge in [0.2, 0.25) is 0 Å². The predicted octanol–water partition coefficient (Wildman–Crippen LogP) is 8.60. The van der Waals surface area contributed by atoms with Crippen LogP contribution in [0.4, 0.5) is 0 Å². The summed E-state index contributed by atoms with van der Waals surface area (Å²) in [5.74, 6) is 11.3. The summed E-state index contributed by atoms with van der Waals surface area (Å²) in [6, 6.07) is 0. The van der Waals surface area contributed by atoms with Crippen molar-refractivity contribution in [3.8, 4) is 0 Å². The molecule has 0 nitrogen and oxygen atoms in total. The molecule has 0 aromatic carbocycles. The monoisotopic (exact) mass is 386 g/mol. The Morgan fingerprint density at radius 1 is 0.464 bits per heavy atom. The zero-order chi connectivity index (χ0) is 19.8. The Morgan fingerprint density at radius 2 is 0.893 bits per heavy atom. The molecule has 162 valence electrons. The number of rotatable bonds is 5. The van der Waals surface area contributed by atoms with Gasteiger partial charge in [0.25, 0.3) is 0 Å². The van der Waals surface area contributed by atoms with Crippen LogP contribution in [0.3, 0.4) is 0 Å². The van der Waals surface area contributed by atoms with E-state index in [0.717, 1.165) is 65.1 Å². The Balaban J connectivity index is 1.26. The lowest BCUT2D eigenvalue weighted by molar-refractivity contribution is 0.116. The van der Waals surface area contributed by atoms with E-state index in [2.05, 4.69) is 34.6 Å². The molecular weight excluding hydrogens is 336 g/mol. The summed E-state index contributed by atoms with van der Waals surface area (Å²) < 4.78 is 0. The van der Waals surface area contributed by atoms with Crippen molar-refractivity contribution < 1.29 is 0 Å². The van der Waals surface area contributed by atoms with Gasteiger partial charge in [0.15, 0.2) is 0 Å². The molecule has 0 bridgehead atoms. The third kappa shape index (κ3) is 4.51. The minimum Gasteiger partial charge on any atom is -0.0625 e. The maximum atomic E-state index is 2.64. The topological polar surface area (TPSA) is 0 Å². The van der Waals surface area contributed by atoms with Gasteiger partial charge < -0.3 is 0 Å². The van der Waals surface area contributed by atoms with Crippen molar-refractivity contribution >= 4 is 0 Å². The molecule has 0 aromatic rings. The lowest BCUT2D eigenvalue weighted by Crippen LogP contribution is -2.30. The summed E-state index contributed by atoms with van der Waals surface area (Å²) in [6.07, 6.45) is 18.5. The molecule has 4 aliphatic carbocycles. The van der Waals surface area contributed by atoms with Crippen LogP contribution in [0.15, 0.2) is 0 Å². The fourth-order valence-corrected chi connectivity index (χ4v) is 8.43. The second-order valence-electron chi connectivity index (χ2n) is 12.6. The van der Waals surface area contributed by atoms with Crippen LogP contribution in [-0.2, 0) is 0 Å². The van der Waals surface area contributed by atoms with E-state index in [0.29, 0.717) is 0 Å². The summed E-state index contributed by atoms with van der Waals surface area (Å²) in [5, 5.41) is 0. The van der Waals surface area contributed by atoms with E-state index in [4.69, 9.17) is 0 Å². The van der Waals surface area contributed by atoms with E-state index in [1.54, 1.807) is 38.5 Å². The van der Waals surface area contributed by atoms with Gasteiger partial charge in [0.1, 0.15) is 0 Å². The molecule has 0 aliphatic heterocycles. The summed E-state index contributed by atoms with van der Waals surface area (Å²) in [6.45, 7) is 12.8. The first kappa shape index (κ1) is 21.2. The van der Waals surface area contributed by atoms with E-state index in [9.17, 15) is 0 Å². The van der Waals surface area contributed by atoms with Crippen molar-refractivity contribution in [2.45, 2.75) is 112 Å². The number of fused-ring (bicyclic) bond motifs is 1. The van der Waals surface area contributed by atoms with Crippen LogP contribution in [0.5, 0.6) is 0 Å². The van der Waals surface area contributed by atoms with Crippen molar-refractivity contribution in [2.75, 3.05) is 0 Å². The number of hydrogen-bond donors (Lipinski definition) is 0. The Hall–Kier alpha value is 0. The van der Waals surface area contributed by atoms with Crippen LogP contribution in [0.25, 0.3) is 0 Å². The zero-order valence-corrected chi connectivity index (χ0v) is 19.8. The second kappa shape index (κ2) is 9.01. The molecule has 4 rings (SSSR count). The first-order valence-corrected chi connectivity index (χ1v) is 13.4. The van der Waals surface area contributed by atoms with E-state index in [1.807, 2.05) is 0 Å². The Morgan fingerprint density at radius 3 is 1.43 bits per heavy atom. The molecule has 0 radical (unpaired) electrons. The molecule has 5 atom stereocenters. The van der Waals surface area contributed by atoms with Gasteiger partial charge in [-0.3, -0.25) is 0 Å².